The highest BCUT2D eigenvalue weighted by molar-refractivity contribution is 6.20. The molecule has 0 aliphatic carbocycles. The number of alkyl halides is 1. The van der Waals surface area contributed by atoms with Crippen molar-refractivity contribution in [1.29, 1.82) is 0 Å². The molecule has 0 aliphatic rings. The van der Waals surface area contributed by atoms with Gasteiger partial charge in [-0.3, -0.25) is 0 Å². The summed E-state index contributed by atoms with van der Waals surface area (Å²) in [6, 6.07) is 6.36. The Labute approximate surface area is 120 Å². The van der Waals surface area contributed by atoms with Crippen LogP contribution >= 0.6 is 11.6 Å². The summed E-state index contributed by atoms with van der Waals surface area (Å²) in [6.07, 6.45) is 5.04. The number of rotatable bonds is 6. The predicted molar refractivity (Wildman–Crippen MR) is 82.9 cm³/mol. The first-order chi connectivity index (χ1) is 9.15. The molecule has 1 aromatic carbocycles. The topological polar surface area (TPSA) is 17.8 Å². The molecule has 1 atom stereocenters. The lowest BCUT2D eigenvalue weighted by Gasteiger charge is -2.10. The van der Waals surface area contributed by atoms with Gasteiger partial charge in [-0.2, -0.15) is 0 Å². The summed E-state index contributed by atoms with van der Waals surface area (Å²) in [5.41, 5.74) is 3.54. The average Bonchev–Trinajstić information content (AvgIpc) is 2.75. The molecule has 0 aliphatic heterocycles. The van der Waals surface area contributed by atoms with Crippen LogP contribution in [0.15, 0.2) is 18.2 Å². The number of halogens is 1. The molecule has 2 aromatic rings. The van der Waals surface area contributed by atoms with Crippen LogP contribution in [0.3, 0.4) is 0 Å². The van der Waals surface area contributed by atoms with Gasteiger partial charge in [0.1, 0.15) is 5.82 Å². The Balaban J connectivity index is 2.33. The third-order valence-corrected chi connectivity index (χ3v) is 3.80. The molecule has 0 N–H and O–H groups in total. The van der Waals surface area contributed by atoms with E-state index in [4.69, 9.17) is 16.6 Å². The molecule has 2 nitrogen and oxygen atoms in total. The van der Waals surface area contributed by atoms with E-state index in [1.165, 1.54) is 36.8 Å². The summed E-state index contributed by atoms with van der Waals surface area (Å²) in [4.78, 5) is 4.74. The van der Waals surface area contributed by atoms with Crippen molar-refractivity contribution >= 4 is 22.6 Å². The number of fused-ring (bicyclic) bond motifs is 1. The Bertz CT molecular complexity index is 543. The van der Waals surface area contributed by atoms with Crippen LogP contribution in [-0.4, -0.2) is 9.55 Å². The van der Waals surface area contributed by atoms with E-state index in [0.29, 0.717) is 0 Å². The normalized spacial score (nSPS) is 13.1. The van der Waals surface area contributed by atoms with Crippen LogP contribution in [0.2, 0.25) is 0 Å². The van der Waals surface area contributed by atoms with Crippen LogP contribution in [0.5, 0.6) is 0 Å². The number of nitrogens with zero attached hydrogens (tertiary/aromatic N) is 2. The second-order valence-electron chi connectivity index (χ2n) is 5.24. The Hall–Kier alpha value is -1.02. The number of para-hydroxylation sites is 1. The van der Waals surface area contributed by atoms with Gasteiger partial charge < -0.3 is 4.57 Å². The largest absolute Gasteiger partial charge is 0.327 e. The van der Waals surface area contributed by atoms with E-state index in [2.05, 4.69) is 36.6 Å². The summed E-state index contributed by atoms with van der Waals surface area (Å²) in [5.74, 6) is 1.00. The lowest BCUT2D eigenvalue weighted by Crippen LogP contribution is -2.04. The Morgan fingerprint density at radius 2 is 2.05 bits per heavy atom. The highest BCUT2D eigenvalue weighted by Crippen LogP contribution is 2.26. The highest BCUT2D eigenvalue weighted by atomic mass is 35.5. The maximum absolute atomic E-state index is 6.29. The third-order valence-electron chi connectivity index (χ3n) is 3.60. The molecule has 0 spiro atoms. The Morgan fingerprint density at radius 1 is 1.26 bits per heavy atom. The van der Waals surface area contributed by atoms with Gasteiger partial charge >= 0.3 is 0 Å². The summed E-state index contributed by atoms with van der Waals surface area (Å²) in [6.45, 7) is 7.37. The fraction of sp³-hybridized carbons (Fsp3) is 0.562. The molecular formula is C16H23ClN2. The fourth-order valence-electron chi connectivity index (χ4n) is 2.54. The Kier molecular flexibility index (Phi) is 4.87. The van der Waals surface area contributed by atoms with E-state index in [1.807, 2.05) is 6.92 Å². The van der Waals surface area contributed by atoms with Crippen LogP contribution in [0.1, 0.15) is 56.3 Å². The molecule has 3 heteroatoms. The summed E-state index contributed by atoms with van der Waals surface area (Å²) in [7, 11) is 0. The van der Waals surface area contributed by atoms with Crippen molar-refractivity contribution in [3.63, 3.8) is 0 Å². The van der Waals surface area contributed by atoms with Gasteiger partial charge in [-0.1, -0.05) is 38.3 Å². The quantitative estimate of drug-likeness (QED) is 0.523. The molecule has 0 saturated carbocycles. The molecular weight excluding hydrogens is 256 g/mol. The van der Waals surface area contributed by atoms with Crippen LogP contribution in [-0.2, 0) is 6.54 Å². The standard InChI is InChI=1S/C16H23ClN2/c1-4-5-6-7-11-19-14-10-8-9-12(2)15(14)18-16(19)13(3)17/h8-10,13H,4-7,11H2,1-3H3. The molecule has 1 unspecified atom stereocenters. The van der Waals surface area contributed by atoms with E-state index < -0.39 is 0 Å². The summed E-state index contributed by atoms with van der Waals surface area (Å²) >= 11 is 6.29. The molecule has 0 fully saturated rings. The molecule has 0 saturated heterocycles. The van der Waals surface area contributed by atoms with Crippen molar-refractivity contribution in [2.45, 2.75) is 58.4 Å². The first kappa shape index (κ1) is 14.4. The van der Waals surface area contributed by atoms with E-state index in [9.17, 15) is 0 Å². The van der Waals surface area contributed by atoms with Gasteiger partial charge in [0.15, 0.2) is 0 Å². The minimum atomic E-state index is -0.0435. The monoisotopic (exact) mass is 278 g/mol. The van der Waals surface area contributed by atoms with Crippen LogP contribution in [0, 0.1) is 6.92 Å². The second-order valence-corrected chi connectivity index (χ2v) is 5.90. The van der Waals surface area contributed by atoms with Gasteiger partial charge in [0.25, 0.3) is 0 Å². The molecule has 2 rings (SSSR count). The SMILES string of the molecule is CCCCCCn1c(C(C)Cl)nc2c(C)cccc21. The molecule has 0 amide bonds. The van der Waals surface area contributed by atoms with Crippen molar-refractivity contribution in [1.82, 2.24) is 9.55 Å². The van der Waals surface area contributed by atoms with Crippen LogP contribution in [0.25, 0.3) is 11.0 Å². The highest BCUT2D eigenvalue weighted by Gasteiger charge is 2.15. The molecule has 104 valence electrons. The van der Waals surface area contributed by atoms with Crippen LogP contribution < -0.4 is 0 Å². The number of hydrogen-bond donors (Lipinski definition) is 0. The minimum absolute atomic E-state index is 0.0435. The minimum Gasteiger partial charge on any atom is -0.327 e. The third kappa shape index (κ3) is 3.11. The van der Waals surface area contributed by atoms with Crippen molar-refractivity contribution in [2.24, 2.45) is 0 Å². The number of unbranched alkanes of at least 4 members (excludes halogenated alkanes) is 3. The van der Waals surface area contributed by atoms with Crippen molar-refractivity contribution < 1.29 is 0 Å². The molecule has 0 bridgehead atoms. The Morgan fingerprint density at radius 3 is 2.74 bits per heavy atom. The van der Waals surface area contributed by atoms with E-state index in [1.54, 1.807) is 0 Å². The average molecular weight is 279 g/mol. The van der Waals surface area contributed by atoms with Crippen molar-refractivity contribution in [3.05, 3.63) is 29.6 Å². The van der Waals surface area contributed by atoms with Gasteiger partial charge in [-0.05, 0) is 31.9 Å². The zero-order valence-electron chi connectivity index (χ0n) is 12.1. The number of benzene rings is 1. The van der Waals surface area contributed by atoms with Gasteiger partial charge in [0.2, 0.25) is 0 Å². The maximum atomic E-state index is 6.29. The summed E-state index contributed by atoms with van der Waals surface area (Å²) < 4.78 is 2.30. The van der Waals surface area contributed by atoms with E-state index >= 15 is 0 Å². The lowest BCUT2D eigenvalue weighted by molar-refractivity contribution is 0.574. The fourth-order valence-corrected chi connectivity index (χ4v) is 2.71. The molecule has 0 radical (unpaired) electrons. The van der Waals surface area contributed by atoms with Gasteiger partial charge in [0.05, 0.1) is 16.4 Å². The van der Waals surface area contributed by atoms with Crippen LogP contribution in [0.4, 0.5) is 0 Å². The van der Waals surface area contributed by atoms with Crippen molar-refractivity contribution in [2.75, 3.05) is 0 Å². The molecule has 1 aromatic heterocycles. The van der Waals surface area contributed by atoms with Crippen molar-refractivity contribution in [3.8, 4) is 0 Å². The molecule has 19 heavy (non-hydrogen) atoms. The van der Waals surface area contributed by atoms with E-state index in [0.717, 1.165) is 17.9 Å². The zero-order chi connectivity index (χ0) is 13.8. The van der Waals surface area contributed by atoms with Gasteiger partial charge in [0, 0.05) is 6.54 Å². The first-order valence-corrected chi connectivity index (χ1v) is 7.68. The number of imidazole rings is 1. The number of aromatic nitrogens is 2. The maximum Gasteiger partial charge on any atom is 0.127 e. The predicted octanol–water partition coefficient (Wildman–Crippen LogP) is 5.22. The number of aryl methyl sites for hydroxylation is 2. The van der Waals surface area contributed by atoms with Gasteiger partial charge in [-0.25, -0.2) is 4.98 Å². The first-order valence-electron chi connectivity index (χ1n) is 7.25. The lowest BCUT2D eigenvalue weighted by atomic mass is 10.2. The second kappa shape index (κ2) is 6.42. The number of hydrogen-bond acceptors (Lipinski definition) is 1. The summed E-state index contributed by atoms with van der Waals surface area (Å²) in [5, 5.41) is -0.0435. The zero-order valence-corrected chi connectivity index (χ0v) is 12.9. The van der Waals surface area contributed by atoms with Gasteiger partial charge in [-0.15, -0.1) is 11.6 Å². The smallest absolute Gasteiger partial charge is 0.127 e. The van der Waals surface area contributed by atoms with E-state index in [-0.39, 0.29) is 5.38 Å². The molecule has 1 heterocycles.